The molecule has 0 saturated carbocycles. The molecule has 1 heterocycles. The Labute approximate surface area is 118 Å². The summed E-state index contributed by atoms with van der Waals surface area (Å²) in [5, 5.41) is 10.7. The molecule has 0 amide bonds. The molecule has 0 bridgehead atoms. The lowest BCUT2D eigenvalue weighted by Crippen LogP contribution is -2.12. The van der Waals surface area contributed by atoms with Gasteiger partial charge in [0.1, 0.15) is 0 Å². The van der Waals surface area contributed by atoms with Crippen molar-refractivity contribution in [3.8, 4) is 0 Å². The molecule has 0 N–H and O–H groups in total. The fourth-order valence-corrected chi connectivity index (χ4v) is 2.80. The van der Waals surface area contributed by atoms with Crippen LogP contribution in [0.1, 0.15) is 5.56 Å². The van der Waals surface area contributed by atoms with Crippen molar-refractivity contribution in [1.82, 2.24) is 0 Å². The lowest BCUT2D eigenvalue weighted by atomic mass is 10.2. The second-order valence-electron chi connectivity index (χ2n) is 4.45. The minimum absolute atomic E-state index is 0.124. The standard InChI is InChI=1S/C14H11BrN2O2/c15-11-1-6-14-10(9-11)7-8-16(14)12-2-4-13(5-3-12)17(18)19/h1-6,9H,7-8H2. The summed E-state index contributed by atoms with van der Waals surface area (Å²) in [5.74, 6) is 0. The van der Waals surface area contributed by atoms with Gasteiger partial charge in [-0.05, 0) is 42.3 Å². The van der Waals surface area contributed by atoms with Gasteiger partial charge in [-0.3, -0.25) is 10.1 Å². The van der Waals surface area contributed by atoms with Gasteiger partial charge in [0.2, 0.25) is 0 Å². The summed E-state index contributed by atoms with van der Waals surface area (Å²) in [6.45, 7) is 0.906. The van der Waals surface area contributed by atoms with Crippen molar-refractivity contribution in [3.63, 3.8) is 0 Å². The van der Waals surface area contributed by atoms with E-state index in [-0.39, 0.29) is 10.6 Å². The van der Waals surface area contributed by atoms with Crippen LogP contribution in [-0.2, 0) is 6.42 Å². The molecule has 0 spiro atoms. The third-order valence-electron chi connectivity index (χ3n) is 3.31. The Kier molecular flexibility index (Phi) is 2.98. The number of anilines is 2. The van der Waals surface area contributed by atoms with Crippen molar-refractivity contribution < 1.29 is 4.92 Å². The summed E-state index contributed by atoms with van der Waals surface area (Å²) in [6.07, 6.45) is 0.992. The first-order chi connectivity index (χ1) is 9.15. The molecule has 0 unspecified atom stereocenters. The lowest BCUT2D eigenvalue weighted by Gasteiger charge is -2.19. The number of non-ortho nitro benzene ring substituents is 1. The molecule has 19 heavy (non-hydrogen) atoms. The van der Waals surface area contributed by atoms with Crippen LogP contribution in [0.25, 0.3) is 0 Å². The zero-order valence-electron chi connectivity index (χ0n) is 10.0. The van der Waals surface area contributed by atoms with Crippen LogP contribution in [0, 0.1) is 10.1 Å². The Hall–Kier alpha value is -1.88. The number of nitro groups is 1. The van der Waals surface area contributed by atoms with Crippen molar-refractivity contribution in [1.29, 1.82) is 0 Å². The largest absolute Gasteiger partial charge is 0.341 e. The van der Waals surface area contributed by atoms with Crippen LogP contribution in [0.4, 0.5) is 17.1 Å². The van der Waals surface area contributed by atoms with E-state index >= 15 is 0 Å². The Morgan fingerprint density at radius 1 is 1.16 bits per heavy atom. The van der Waals surface area contributed by atoms with E-state index in [9.17, 15) is 10.1 Å². The number of halogens is 1. The van der Waals surface area contributed by atoms with Crippen molar-refractivity contribution in [2.24, 2.45) is 0 Å². The number of nitrogens with zero attached hydrogens (tertiary/aromatic N) is 2. The van der Waals surface area contributed by atoms with E-state index in [1.54, 1.807) is 24.3 Å². The van der Waals surface area contributed by atoms with E-state index in [1.165, 1.54) is 11.3 Å². The first kappa shape index (κ1) is 12.2. The van der Waals surface area contributed by atoms with Crippen LogP contribution in [0.2, 0.25) is 0 Å². The van der Waals surface area contributed by atoms with Gasteiger partial charge in [0.15, 0.2) is 0 Å². The molecule has 3 rings (SSSR count). The Balaban J connectivity index is 1.95. The number of benzene rings is 2. The highest BCUT2D eigenvalue weighted by molar-refractivity contribution is 9.10. The van der Waals surface area contributed by atoms with Crippen LogP contribution in [-0.4, -0.2) is 11.5 Å². The molecule has 0 aromatic heterocycles. The fourth-order valence-electron chi connectivity index (χ4n) is 2.39. The van der Waals surface area contributed by atoms with E-state index in [2.05, 4.69) is 33.0 Å². The maximum absolute atomic E-state index is 10.7. The highest BCUT2D eigenvalue weighted by Crippen LogP contribution is 2.36. The Bertz CT molecular complexity index is 640. The van der Waals surface area contributed by atoms with E-state index in [1.807, 2.05) is 6.07 Å². The molecule has 2 aromatic rings. The number of hydrogen-bond acceptors (Lipinski definition) is 3. The molecule has 5 heteroatoms. The van der Waals surface area contributed by atoms with Gasteiger partial charge in [-0.2, -0.15) is 0 Å². The first-order valence-electron chi connectivity index (χ1n) is 5.95. The number of nitro benzene ring substituents is 1. The third-order valence-corrected chi connectivity index (χ3v) is 3.80. The second kappa shape index (κ2) is 4.66. The molecule has 0 saturated heterocycles. The molecule has 0 radical (unpaired) electrons. The van der Waals surface area contributed by atoms with Crippen LogP contribution in [0.3, 0.4) is 0 Å². The van der Waals surface area contributed by atoms with Crippen LogP contribution >= 0.6 is 15.9 Å². The van der Waals surface area contributed by atoms with Gasteiger partial charge < -0.3 is 4.90 Å². The highest BCUT2D eigenvalue weighted by atomic mass is 79.9. The molecule has 4 nitrogen and oxygen atoms in total. The van der Waals surface area contributed by atoms with Crippen molar-refractivity contribution in [2.45, 2.75) is 6.42 Å². The molecule has 96 valence electrons. The maximum atomic E-state index is 10.7. The van der Waals surface area contributed by atoms with E-state index in [0.29, 0.717) is 0 Å². The molecule has 0 atom stereocenters. The molecule has 0 aliphatic carbocycles. The zero-order valence-corrected chi connectivity index (χ0v) is 11.6. The summed E-state index contributed by atoms with van der Waals surface area (Å²) in [7, 11) is 0. The quantitative estimate of drug-likeness (QED) is 0.620. The normalized spacial score (nSPS) is 13.4. The highest BCUT2D eigenvalue weighted by Gasteiger charge is 2.20. The number of rotatable bonds is 2. The topological polar surface area (TPSA) is 46.4 Å². The second-order valence-corrected chi connectivity index (χ2v) is 5.36. The van der Waals surface area contributed by atoms with Gasteiger partial charge in [0, 0.05) is 34.5 Å². The van der Waals surface area contributed by atoms with E-state index in [4.69, 9.17) is 0 Å². The van der Waals surface area contributed by atoms with Crippen molar-refractivity contribution >= 4 is 33.0 Å². The van der Waals surface area contributed by atoms with E-state index in [0.717, 1.165) is 23.1 Å². The summed E-state index contributed by atoms with van der Waals surface area (Å²) < 4.78 is 1.08. The fraction of sp³-hybridized carbons (Fsp3) is 0.143. The lowest BCUT2D eigenvalue weighted by molar-refractivity contribution is -0.384. The molecular weight excluding hydrogens is 308 g/mol. The smallest absolute Gasteiger partial charge is 0.269 e. The SMILES string of the molecule is O=[N+]([O-])c1ccc(N2CCc3cc(Br)ccc32)cc1. The van der Waals surface area contributed by atoms with Gasteiger partial charge >= 0.3 is 0 Å². The van der Waals surface area contributed by atoms with Crippen molar-refractivity contribution in [3.05, 3.63) is 62.6 Å². The molecular formula is C14H11BrN2O2. The minimum atomic E-state index is -0.376. The van der Waals surface area contributed by atoms with E-state index < -0.39 is 0 Å². The molecule has 1 aliphatic heterocycles. The monoisotopic (exact) mass is 318 g/mol. The van der Waals surface area contributed by atoms with Crippen LogP contribution < -0.4 is 4.90 Å². The van der Waals surface area contributed by atoms with Crippen molar-refractivity contribution in [2.75, 3.05) is 11.4 Å². The molecule has 2 aromatic carbocycles. The minimum Gasteiger partial charge on any atom is -0.341 e. The molecule has 0 fully saturated rings. The van der Waals surface area contributed by atoms with Crippen LogP contribution in [0.5, 0.6) is 0 Å². The predicted octanol–water partition coefficient (Wildman–Crippen LogP) is 4.05. The Morgan fingerprint density at radius 2 is 1.89 bits per heavy atom. The van der Waals surface area contributed by atoms with Gasteiger partial charge in [-0.15, -0.1) is 0 Å². The number of fused-ring (bicyclic) bond motifs is 1. The Morgan fingerprint density at radius 3 is 2.58 bits per heavy atom. The van der Waals surface area contributed by atoms with Crippen LogP contribution in [0.15, 0.2) is 46.9 Å². The number of hydrogen-bond donors (Lipinski definition) is 0. The summed E-state index contributed by atoms with van der Waals surface area (Å²) in [4.78, 5) is 12.5. The average Bonchev–Trinajstić information content (AvgIpc) is 2.81. The van der Waals surface area contributed by atoms with Gasteiger partial charge in [0.05, 0.1) is 4.92 Å². The summed E-state index contributed by atoms with van der Waals surface area (Å²) in [5.41, 5.74) is 3.59. The van der Waals surface area contributed by atoms with Gasteiger partial charge in [-0.1, -0.05) is 15.9 Å². The third kappa shape index (κ3) is 2.21. The van der Waals surface area contributed by atoms with Gasteiger partial charge in [0.25, 0.3) is 5.69 Å². The average molecular weight is 319 g/mol. The molecule has 1 aliphatic rings. The summed E-state index contributed by atoms with van der Waals surface area (Å²) >= 11 is 3.47. The first-order valence-corrected chi connectivity index (χ1v) is 6.75. The summed E-state index contributed by atoms with van der Waals surface area (Å²) in [6, 6.07) is 12.9. The zero-order chi connectivity index (χ0) is 13.4. The maximum Gasteiger partial charge on any atom is 0.269 e. The van der Waals surface area contributed by atoms with Gasteiger partial charge in [-0.25, -0.2) is 0 Å². The predicted molar refractivity (Wildman–Crippen MR) is 77.9 cm³/mol.